The molecule has 0 radical (unpaired) electrons. The van der Waals surface area contributed by atoms with Crippen molar-refractivity contribution in [1.82, 2.24) is 0 Å². The van der Waals surface area contributed by atoms with Gasteiger partial charge in [0.25, 0.3) is 0 Å². The number of hydrogen-bond acceptors (Lipinski definition) is 2. The van der Waals surface area contributed by atoms with Gasteiger partial charge in [0.05, 0.1) is 0 Å². The van der Waals surface area contributed by atoms with Crippen LogP contribution in [0, 0.1) is 10.5 Å². The maximum Gasteiger partial charge on any atom is 0.123 e. The summed E-state index contributed by atoms with van der Waals surface area (Å²) in [6.07, 6.45) is 0.985. The van der Waals surface area contributed by atoms with Gasteiger partial charge >= 0.3 is 0 Å². The second kappa shape index (κ2) is 5.52. The highest BCUT2D eigenvalue weighted by Gasteiger charge is 2.29. The Morgan fingerprint density at radius 3 is 2.76 bits per heavy atom. The standard InChI is InChI=1S/C18H20INO/c1-12-4-6-15(9-16(12)19)20-11-13-5-7-17-14(8-13)10-18(2,3)21-17/h4-9,20H,10-11H2,1-3H3. The second-order valence-electron chi connectivity index (χ2n) is 6.30. The van der Waals surface area contributed by atoms with Gasteiger partial charge in [0.15, 0.2) is 0 Å². The largest absolute Gasteiger partial charge is 0.487 e. The molecule has 0 saturated carbocycles. The average molecular weight is 393 g/mol. The van der Waals surface area contributed by atoms with Gasteiger partial charge in [-0.05, 0) is 78.3 Å². The first-order valence-electron chi connectivity index (χ1n) is 7.24. The van der Waals surface area contributed by atoms with E-state index >= 15 is 0 Å². The van der Waals surface area contributed by atoms with Crippen LogP contribution in [0.5, 0.6) is 5.75 Å². The molecule has 110 valence electrons. The van der Waals surface area contributed by atoms with E-state index in [0.29, 0.717) is 0 Å². The van der Waals surface area contributed by atoms with Crippen LogP contribution in [-0.2, 0) is 13.0 Å². The highest BCUT2D eigenvalue weighted by atomic mass is 127. The molecule has 0 amide bonds. The first kappa shape index (κ1) is 14.7. The summed E-state index contributed by atoms with van der Waals surface area (Å²) in [5, 5.41) is 3.50. The minimum absolute atomic E-state index is 0.0680. The van der Waals surface area contributed by atoms with Gasteiger partial charge in [-0.2, -0.15) is 0 Å². The zero-order chi connectivity index (χ0) is 15.0. The fourth-order valence-electron chi connectivity index (χ4n) is 2.68. The molecule has 0 fully saturated rings. The topological polar surface area (TPSA) is 21.3 Å². The average Bonchev–Trinajstić information content (AvgIpc) is 2.73. The number of hydrogen-bond donors (Lipinski definition) is 1. The molecule has 1 heterocycles. The summed E-state index contributed by atoms with van der Waals surface area (Å²) in [7, 11) is 0. The molecule has 2 aromatic carbocycles. The van der Waals surface area contributed by atoms with Gasteiger partial charge in [-0.3, -0.25) is 0 Å². The van der Waals surface area contributed by atoms with Crippen LogP contribution in [0.2, 0.25) is 0 Å². The van der Waals surface area contributed by atoms with E-state index in [0.717, 1.165) is 18.7 Å². The van der Waals surface area contributed by atoms with Crippen molar-refractivity contribution in [3.8, 4) is 5.75 Å². The van der Waals surface area contributed by atoms with Crippen molar-refractivity contribution >= 4 is 28.3 Å². The van der Waals surface area contributed by atoms with Crippen molar-refractivity contribution in [1.29, 1.82) is 0 Å². The number of benzene rings is 2. The lowest BCUT2D eigenvalue weighted by atomic mass is 10.0. The van der Waals surface area contributed by atoms with Crippen LogP contribution < -0.4 is 10.1 Å². The zero-order valence-electron chi connectivity index (χ0n) is 12.7. The minimum atomic E-state index is -0.0680. The Labute approximate surface area is 140 Å². The zero-order valence-corrected chi connectivity index (χ0v) is 14.8. The maximum absolute atomic E-state index is 5.92. The number of ether oxygens (including phenoxy) is 1. The lowest BCUT2D eigenvalue weighted by molar-refractivity contribution is 0.138. The summed E-state index contributed by atoms with van der Waals surface area (Å²) < 4.78 is 7.21. The van der Waals surface area contributed by atoms with Crippen LogP contribution in [0.25, 0.3) is 0 Å². The fourth-order valence-corrected chi connectivity index (χ4v) is 3.20. The van der Waals surface area contributed by atoms with Gasteiger partial charge in [-0.15, -0.1) is 0 Å². The normalized spacial score (nSPS) is 15.4. The van der Waals surface area contributed by atoms with E-state index in [1.165, 1.54) is 25.9 Å². The van der Waals surface area contributed by atoms with Crippen molar-refractivity contribution in [3.05, 3.63) is 56.7 Å². The van der Waals surface area contributed by atoms with Crippen LogP contribution in [-0.4, -0.2) is 5.60 Å². The SMILES string of the molecule is Cc1ccc(NCc2ccc3c(c2)CC(C)(C)O3)cc1I. The fraction of sp³-hybridized carbons (Fsp3) is 0.333. The molecule has 2 nitrogen and oxygen atoms in total. The Kier molecular flexibility index (Phi) is 3.86. The first-order valence-corrected chi connectivity index (χ1v) is 8.32. The lowest BCUT2D eigenvalue weighted by Crippen LogP contribution is -2.24. The second-order valence-corrected chi connectivity index (χ2v) is 7.46. The molecule has 0 bridgehead atoms. The van der Waals surface area contributed by atoms with Gasteiger partial charge in [0.2, 0.25) is 0 Å². The van der Waals surface area contributed by atoms with Crippen LogP contribution in [0.3, 0.4) is 0 Å². The molecule has 0 aliphatic carbocycles. The van der Waals surface area contributed by atoms with E-state index in [1.54, 1.807) is 0 Å². The third-order valence-corrected chi connectivity index (χ3v) is 4.96. The Morgan fingerprint density at radius 2 is 2.00 bits per heavy atom. The first-order chi connectivity index (χ1) is 9.93. The van der Waals surface area contributed by atoms with Crippen molar-refractivity contribution in [2.75, 3.05) is 5.32 Å². The molecule has 0 saturated heterocycles. The van der Waals surface area contributed by atoms with Crippen molar-refractivity contribution < 1.29 is 4.74 Å². The van der Waals surface area contributed by atoms with Crippen molar-refractivity contribution in [2.24, 2.45) is 0 Å². The van der Waals surface area contributed by atoms with Crippen molar-refractivity contribution in [2.45, 2.75) is 39.3 Å². The van der Waals surface area contributed by atoms with Crippen molar-refractivity contribution in [3.63, 3.8) is 0 Å². The summed E-state index contributed by atoms with van der Waals surface area (Å²) >= 11 is 2.38. The smallest absolute Gasteiger partial charge is 0.123 e. The third-order valence-electron chi connectivity index (χ3n) is 3.80. The Hall–Kier alpha value is -1.23. The summed E-state index contributed by atoms with van der Waals surface area (Å²) in [5.41, 5.74) is 5.03. The summed E-state index contributed by atoms with van der Waals surface area (Å²) in [6, 6.07) is 13.0. The highest BCUT2D eigenvalue weighted by Crippen LogP contribution is 2.35. The van der Waals surface area contributed by atoms with Crippen LogP contribution >= 0.6 is 22.6 Å². The number of halogens is 1. The molecule has 1 aliphatic rings. The van der Waals surface area contributed by atoms with Crippen LogP contribution in [0.4, 0.5) is 5.69 Å². The Balaban J connectivity index is 1.71. The van der Waals surface area contributed by atoms with E-state index in [1.807, 2.05) is 0 Å². The molecular weight excluding hydrogens is 373 g/mol. The summed E-state index contributed by atoms with van der Waals surface area (Å²) in [5.74, 6) is 1.04. The molecule has 1 N–H and O–H groups in total. The van der Waals surface area contributed by atoms with E-state index in [2.05, 4.69) is 85.1 Å². The summed E-state index contributed by atoms with van der Waals surface area (Å²) in [6.45, 7) is 7.25. The monoisotopic (exact) mass is 393 g/mol. The molecular formula is C18H20INO. The van der Waals surface area contributed by atoms with Gasteiger partial charge in [0.1, 0.15) is 11.4 Å². The highest BCUT2D eigenvalue weighted by molar-refractivity contribution is 14.1. The number of aryl methyl sites for hydroxylation is 1. The molecule has 0 atom stereocenters. The molecule has 2 aromatic rings. The van der Waals surface area contributed by atoms with Gasteiger partial charge in [-0.1, -0.05) is 18.2 Å². The number of rotatable bonds is 3. The summed E-state index contributed by atoms with van der Waals surface area (Å²) in [4.78, 5) is 0. The van der Waals surface area contributed by atoms with Crippen LogP contribution in [0.15, 0.2) is 36.4 Å². The van der Waals surface area contributed by atoms with E-state index in [-0.39, 0.29) is 5.60 Å². The van der Waals surface area contributed by atoms with E-state index < -0.39 is 0 Å². The Morgan fingerprint density at radius 1 is 1.19 bits per heavy atom. The van der Waals surface area contributed by atoms with E-state index in [9.17, 15) is 0 Å². The molecule has 0 spiro atoms. The van der Waals surface area contributed by atoms with Gasteiger partial charge in [0, 0.05) is 22.2 Å². The van der Waals surface area contributed by atoms with Crippen LogP contribution in [0.1, 0.15) is 30.5 Å². The predicted octanol–water partition coefficient (Wildman–Crippen LogP) is 4.93. The quantitative estimate of drug-likeness (QED) is 0.748. The number of fused-ring (bicyclic) bond motifs is 1. The number of nitrogens with one attached hydrogen (secondary N) is 1. The Bertz CT molecular complexity index is 679. The molecule has 1 aliphatic heterocycles. The van der Waals surface area contributed by atoms with E-state index in [4.69, 9.17) is 4.74 Å². The minimum Gasteiger partial charge on any atom is -0.487 e. The molecule has 21 heavy (non-hydrogen) atoms. The number of anilines is 1. The molecule has 0 unspecified atom stereocenters. The molecule has 3 rings (SSSR count). The molecule has 3 heteroatoms. The molecule has 0 aromatic heterocycles. The maximum atomic E-state index is 5.92. The predicted molar refractivity (Wildman–Crippen MR) is 96.1 cm³/mol. The van der Waals surface area contributed by atoms with Gasteiger partial charge < -0.3 is 10.1 Å². The van der Waals surface area contributed by atoms with Gasteiger partial charge in [-0.25, -0.2) is 0 Å². The third kappa shape index (κ3) is 3.34. The lowest BCUT2D eigenvalue weighted by Gasteiger charge is -2.16.